The van der Waals surface area contributed by atoms with Crippen LogP contribution in [0.2, 0.25) is 0 Å². The van der Waals surface area contributed by atoms with Crippen molar-refractivity contribution in [3.05, 3.63) is 0 Å². The van der Waals surface area contributed by atoms with Gasteiger partial charge in [-0.05, 0) is 19.8 Å². The van der Waals surface area contributed by atoms with Crippen LogP contribution in [0, 0.1) is 18.3 Å². The van der Waals surface area contributed by atoms with Crippen LogP contribution in [0.1, 0.15) is 26.2 Å². The Labute approximate surface area is 101 Å². The zero-order chi connectivity index (χ0) is 12.8. The molecule has 0 aliphatic carbocycles. The lowest BCUT2D eigenvalue weighted by molar-refractivity contribution is -0.143. The van der Waals surface area contributed by atoms with Crippen LogP contribution in [0.15, 0.2) is 0 Å². The van der Waals surface area contributed by atoms with Gasteiger partial charge in [0.25, 0.3) is 0 Å². The fraction of sp³-hybridized carbons (Fsp3) is 0.667. The molecule has 5 nitrogen and oxygen atoms in total. The van der Waals surface area contributed by atoms with E-state index in [0.717, 1.165) is 0 Å². The smallest absolute Gasteiger partial charge is 0.317 e. The molecule has 0 spiro atoms. The first kappa shape index (κ1) is 13.4. The van der Waals surface area contributed by atoms with Crippen LogP contribution < -0.4 is 5.32 Å². The average molecular weight is 238 g/mol. The fourth-order valence-electron chi connectivity index (χ4n) is 1.86. The molecule has 1 aliphatic rings. The first-order valence-corrected chi connectivity index (χ1v) is 5.76. The number of likely N-dealkylation sites (tertiary alicyclic amines) is 1. The Bertz CT molecular complexity index is 327. The number of piperidine rings is 1. The molecule has 5 heteroatoms. The number of carboxylic acid groups (broad SMARTS) is 1. The molecule has 1 rings (SSSR count). The minimum absolute atomic E-state index is 0.0512. The van der Waals surface area contributed by atoms with E-state index in [-0.39, 0.29) is 18.0 Å². The van der Waals surface area contributed by atoms with E-state index in [1.807, 2.05) is 6.92 Å². The normalized spacial score (nSPS) is 18.2. The van der Waals surface area contributed by atoms with Gasteiger partial charge in [0.05, 0.1) is 5.92 Å². The van der Waals surface area contributed by atoms with Gasteiger partial charge in [0.1, 0.15) is 0 Å². The highest BCUT2D eigenvalue weighted by Gasteiger charge is 2.27. The Morgan fingerprint density at radius 2 is 2.12 bits per heavy atom. The van der Waals surface area contributed by atoms with Crippen LogP contribution >= 0.6 is 0 Å². The van der Waals surface area contributed by atoms with Gasteiger partial charge in [0.15, 0.2) is 0 Å². The number of nitrogens with zero attached hydrogens (tertiary/aromatic N) is 1. The van der Waals surface area contributed by atoms with Gasteiger partial charge in [-0.1, -0.05) is 0 Å². The van der Waals surface area contributed by atoms with Gasteiger partial charge in [-0.3, -0.25) is 4.79 Å². The van der Waals surface area contributed by atoms with Crippen molar-refractivity contribution < 1.29 is 14.7 Å². The quantitative estimate of drug-likeness (QED) is 0.718. The van der Waals surface area contributed by atoms with Crippen LogP contribution in [-0.2, 0) is 4.79 Å². The van der Waals surface area contributed by atoms with Crippen LogP contribution in [-0.4, -0.2) is 41.1 Å². The van der Waals surface area contributed by atoms with Gasteiger partial charge in [-0.15, -0.1) is 12.3 Å². The molecule has 94 valence electrons. The molecule has 1 aliphatic heterocycles. The van der Waals surface area contributed by atoms with E-state index < -0.39 is 5.97 Å². The molecular weight excluding hydrogens is 220 g/mol. The Hall–Kier alpha value is -1.70. The predicted octanol–water partition coefficient (Wildman–Crippen LogP) is 0.904. The second-order valence-corrected chi connectivity index (χ2v) is 4.36. The van der Waals surface area contributed by atoms with Gasteiger partial charge in [0.2, 0.25) is 0 Å². The minimum Gasteiger partial charge on any atom is -0.481 e. The number of terminal acetylenes is 1. The number of urea groups is 1. The monoisotopic (exact) mass is 238 g/mol. The third-order valence-electron chi connectivity index (χ3n) is 2.93. The zero-order valence-corrected chi connectivity index (χ0v) is 9.98. The molecule has 17 heavy (non-hydrogen) atoms. The summed E-state index contributed by atoms with van der Waals surface area (Å²) in [6, 6.07) is -0.207. The largest absolute Gasteiger partial charge is 0.481 e. The molecule has 0 aromatic rings. The molecular formula is C12H18N2O3. The number of amides is 2. The number of aliphatic carboxylic acids is 1. The molecule has 1 saturated heterocycles. The number of rotatable bonds is 3. The highest BCUT2D eigenvalue weighted by Crippen LogP contribution is 2.17. The third-order valence-corrected chi connectivity index (χ3v) is 2.93. The van der Waals surface area contributed by atoms with Crippen molar-refractivity contribution in [2.45, 2.75) is 32.2 Å². The first-order chi connectivity index (χ1) is 8.04. The Balaban J connectivity index is 2.36. The number of carbonyl (C=O) groups is 2. The highest BCUT2D eigenvalue weighted by molar-refractivity contribution is 5.75. The summed E-state index contributed by atoms with van der Waals surface area (Å²) in [5.74, 6) is 1.40. The summed E-state index contributed by atoms with van der Waals surface area (Å²) < 4.78 is 0. The number of carbonyl (C=O) groups excluding carboxylic acids is 1. The van der Waals surface area contributed by atoms with Crippen molar-refractivity contribution in [2.24, 2.45) is 5.92 Å². The lowest BCUT2D eigenvalue weighted by atomic mass is 9.97. The summed E-state index contributed by atoms with van der Waals surface area (Å²) >= 11 is 0. The number of carboxylic acids is 1. The zero-order valence-electron chi connectivity index (χ0n) is 9.98. The van der Waals surface area contributed by atoms with Crippen molar-refractivity contribution in [1.82, 2.24) is 10.2 Å². The van der Waals surface area contributed by atoms with E-state index in [4.69, 9.17) is 11.5 Å². The van der Waals surface area contributed by atoms with Crippen molar-refractivity contribution in [2.75, 3.05) is 13.1 Å². The maximum Gasteiger partial charge on any atom is 0.317 e. The summed E-state index contributed by atoms with van der Waals surface area (Å²) in [6.07, 6.45) is 6.69. The molecule has 0 saturated carbocycles. The van der Waals surface area contributed by atoms with Crippen molar-refractivity contribution in [1.29, 1.82) is 0 Å². The standard InChI is InChI=1S/C12H18N2O3/c1-3-4-9(2)13-12(17)14-7-5-10(6-8-14)11(15)16/h1,9-10H,4-8H2,2H3,(H,13,17)(H,15,16). The second-order valence-electron chi connectivity index (χ2n) is 4.36. The van der Waals surface area contributed by atoms with E-state index in [1.165, 1.54) is 0 Å². The summed E-state index contributed by atoms with van der Waals surface area (Å²) in [5.41, 5.74) is 0. The van der Waals surface area contributed by atoms with Crippen LogP contribution in [0.3, 0.4) is 0 Å². The molecule has 1 fully saturated rings. The number of hydrogen-bond acceptors (Lipinski definition) is 2. The number of nitrogens with one attached hydrogen (secondary N) is 1. The van der Waals surface area contributed by atoms with Crippen molar-refractivity contribution in [3.63, 3.8) is 0 Å². The summed E-state index contributed by atoms with van der Waals surface area (Å²) in [7, 11) is 0. The van der Waals surface area contributed by atoms with Crippen molar-refractivity contribution in [3.8, 4) is 12.3 Å². The summed E-state index contributed by atoms with van der Waals surface area (Å²) in [6.45, 7) is 2.83. The molecule has 0 aromatic heterocycles. The minimum atomic E-state index is -0.772. The van der Waals surface area contributed by atoms with Gasteiger partial charge in [-0.2, -0.15) is 0 Å². The van der Waals surface area contributed by atoms with Crippen LogP contribution in [0.4, 0.5) is 4.79 Å². The van der Waals surface area contributed by atoms with Crippen LogP contribution in [0.5, 0.6) is 0 Å². The Kier molecular flexibility index (Phi) is 4.83. The van der Waals surface area contributed by atoms with Crippen LogP contribution in [0.25, 0.3) is 0 Å². The topological polar surface area (TPSA) is 69.6 Å². The van der Waals surface area contributed by atoms with E-state index >= 15 is 0 Å². The lowest BCUT2D eigenvalue weighted by Gasteiger charge is -2.31. The maximum atomic E-state index is 11.8. The predicted molar refractivity (Wildman–Crippen MR) is 63.4 cm³/mol. The molecule has 1 atom stereocenters. The van der Waals surface area contributed by atoms with Crippen molar-refractivity contribution >= 4 is 12.0 Å². The Morgan fingerprint density at radius 1 is 1.53 bits per heavy atom. The SMILES string of the molecule is C#CCC(C)NC(=O)N1CCC(C(=O)O)CC1. The molecule has 1 heterocycles. The van der Waals surface area contributed by atoms with E-state index in [0.29, 0.717) is 32.4 Å². The van der Waals surface area contributed by atoms with Gasteiger partial charge in [-0.25, -0.2) is 4.79 Å². The third kappa shape index (κ3) is 3.99. The second kappa shape index (κ2) is 6.14. The molecule has 2 amide bonds. The summed E-state index contributed by atoms with van der Waals surface area (Å²) in [4.78, 5) is 24.2. The first-order valence-electron chi connectivity index (χ1n) is 5.76. The molecule has 1 unspecified atom stereocenters. The van der Waals surface area contributed by atoms with Gasteiger partial charge < -0.3 is 15.3 Å². The lowest BCUT2D eigenvalue weighted by Crippen LogP contribution is -2.47. The highest BCUT2D eigenvalue weighted by atomic mass is 16.4. The van der Waals surface area contributed by atoms with Gasteiger partial charge >= 0.3 is 12.0 Å². The summed E-state index contributed by atoms with van der Waals surface area (Å²) in [5, 5.41) is 11.6. The molecule has 0 bridgehead atoms. The average Bonchev–Trinajstić information content (AvgIpc) is 2.29. The number of hydrogen-bond donors (Lipinski definition) is 2. The Morgan fingerprint density at radius 3 is 2.59 bits per heavy atom. The molecule has 0 radical (unpaired) electrons. The maximum absolute atomic E-state index is 11.8. The van der Waals surface area contributed by atoms with E-state index in [9.17, 15) is 9.59 Å². The fourth-order valence-corrected chi connectivity index (χ4v) is 1.86. The molecule has 0 aromatic carbocycles. The molecule has 2 N–H and O–H groups in total. The van der Waals surface area contributed by atoms with Gasteiger partial charge in [0, 0.05) is 25.6 Å². The van der Waals surface area contributed by atoms with E-state index in [2.05, 4.69) is 11.2 Å². The van der Waals surface area contributed by atoms with E-state index in [1.54, 1.807) is 4.90 Å².